The van der Waals surface area contributed by atoms with E-state index in [2.05, 4.69) is 11.9 Å². The molecule has 0 bridgehead atoms. The molecule has 1 N–H and O–H groups in total. The van der Waals surface area contributed by atoms with Crippen molar-refractivity contribution in [2.45, 2.75) is 12.8 Å². The quantitative estimate of drug-likeness (QED) is 0.716. The van der Waals surface area contributed by atoms with Crippen LogP contribution in [0.5, 0.6) is 5.75 Å². The summed E-state index contributed by atoms with van der Waals surface area (Å²) in [7, 11) is 1.63. The van der Waals surface area contributed by atoms with Gasteiger partial charge in [-0.1, -0.05) is 6.08 Å². The standard InChI is InChI=1S/C13H17NO2/c1-3-4-5-12(15)10-14-11-6-8-13(16-2)9-7-11/h3,6-9,14H,1,4-5,10H2,2H3. The van der Waals surface area contributed by atoms with Crippen LogP contribution < -0.4 is 10.1 Å². The molecule has 0 fully saturated rings. The zero-order chi connectivity index (χ0) is 11.8. The third-order valence-corrected chi connectivity index (χ3v) is 2.21. The first-order chi connectivity index (χ1) is 7.76. The van der Waals surface area contributed by atoms with E-state index in [0.717, 1.165) is 17.9 Å². The van der Waals surface area contributed by atoms with Gasteiger partial charge in [0.15, 0.2) is 5.78 Å². The van der Waals surface area contributed by atoms with E-state index in [0.29, 0.717) is 13.0 Å². The highest BCUT2D eigenvalue weighted by Gasteiger charge is 2.00. The van der Waals surface area contributed by atoms with Crippen molar-refractivity contribution >= 4 is 11.5 Å². The van der Waals surface area contributed by atoms with Crippen molar-refractivity contribution in [3.8, 4) is 5.75 Å². The minimum absolute atomic E-state index is 0.190. The SMILES string of the molecule is C=CCCC(=O)CNc1ccc(OC)cc1. The van der Waals surface area contributed by atoms with Crippen molar-refractivity contribution in [3.05, 3.63) is 36.9 Å². The van der Waals surface area contributed by atoms with E-state index in [1.54, 1.807) is 13.2 Å². The minimum Gasteiger partial charge on any atom is -0.497 e. The summed E-state index contributed by atoms with van der Waals surface area (Å²) >= 11 is 0. The number of methoxy groups -OCH3 is 1. The van der Waals surface area contributed by atoms with Gasteiger partial charge < -0.3 is 10.1 Å². The van der Waals surface area contributed by atoms with Crippen LogP contribution in [0.1, 0.15) is 12.8 Å². The predicted octanol–water partition coefficient (Wildman–Crippen LogP) is 2.64. The Bertz CT molecular complexity index is 343. The van der Waals surface area contributed by atoms with Crippen LogP contribution in [0, 0.1) is 0 Å². The van der Waals surface area contributed by atoms with Gasteiger partial charge in [-0.05, 0) is 30.7 Å². The van der Waals surface area contributed by atoms with E-state index >= 15 is 0 Å². The molecule has 1 rings (SSSR count). The fourth-order valence-corrected chi connectivity index (χ4v) is 1.26. The van der Waals surface area contributed by atoms with Crippen LogP contribution in [0.3, 0.4) is 0 Å². The van der Waals surface area contributed by atoms with Gasteiger partial charge in [0.25, 0.3) is 0 Å². The Morgan fingerprint density at radius 2 is 2.12 bits per heavy atom. The summed E-state index contributed by atoms with van der Waals surface area (Å²) in [5, 5.41) is 3.07. The molecule has 0 aliphatic rings. The Labute approximate surface area is 96.1 Å². The summed E-state index contributed by atoms with van der Waals surface area (Å²) in [6, 6.07) is 7.49. The maximum Gasteiger partial charge on any atom is 0.152 e. The van der Waals surface area contributed by atoms with Crippen molar-refractivity contribution in [2.24, 2.45) is 0 Å². The van der Waals surface area contributed by atoms with Gasteiger partial charge in [0, 0.05) is 12.1 Å². The maximum atomic E-state index is 11.4. The Kier molecular flexibility index (Phi) is 5.12. The number of hydrogen-bond donors (Lipinski definition) is 1. The smallest absolute Gasteiger partial charge is 0.152 e. The Hall–Kier alpha value is -1.77. The highest BCUT2D eigenvalue weighted by atomic mass is 16.5. The van der Waals surface area contributed by atoms with Crippen LogP contribution in [0.4, 0.5) is 5.69 Å². The molecule has 0 saturated carbocycles. The lowest BCUT2D eigenvalue weighted by Crippen LogP contribution is -2.13. The van der Waals surface area contributed by atoms with Crippen LogP contribution in [0.15, 0.2) is 36.9 Å². The molecule has 86 valence electrons. The van der Waals surface area contributed by atoms with Gasteiger partial charge >= 0.3 is 0 Å². The Balaban J connectivity index is 2.36. The van der Waals surface area contributed by atoms with E-state index < -0.39 is 0 Å². The molecule has 0 amide bonds. The second-order valence-corrected chi connectivity index (χ2v) is 3.45. The Morgan fingerprint density at radius 3 is 2.69 bits per heavy atom. The molecule has 1 aromatic rings. The summed E-state index contributed by atoms with van der Waals surface area (Å²) in [6.07, 6.45) is 3.04. The van der Waals surface area contributed by atoms with Gasteiger partial charge in [0.1, 0.15) is 5.75 Å². The molecule has 0 heterocycles. The number of hydrogen-bond acceptors (Lipinski definition) is 3. The van der Waals surface area contributed by atoms with Crippen LogP contribution in [0.2, 0.25) is 0 Å². The number of rotatable bonds is 7. The van der Waals surface area contributed by atoms with Gasteiger partial charge in [-0.25, -0.2) is 0 Å². The van der Waals surface area contributed by atoms with Gasteiger partial charge in [0.05, 0.1) is 13.7 Å². The lowest BCUT2D eigenvalue weighted by Gasteiger charge is -2.06. The zero-order valence-corrected chi connectivity index (χ0v) is 9.53. The fourth-order valence-electron chi connectivity index (χ4n) is 1.26. The number of nitrogens with one attached hydrogen (secondary N) is 1. The van der Waals surface area contributed by atoms with Gasteiger partial charge in [0.2, 0.25) is 0 Å². The van der Waals surface area contributed by atoms with Gasteiger partial charge in [-0.15, -0.1) is 6.58 Å². The molecule has 0 radical (unpaired) electrons. The molecule has 3 nitrogen and oxygen atoms in total. The number of anilines is 1. The average molecular weight is 219 g/mol. The molecule has 0 aliphatic carbocycles. The highest BCUT2D eigenvalue weighted by Crippen LogP contribution is 2.14. The Morgan fingerprint density at radius 1 is 1.44 bits per heavy atom. The van der Waals surface area contributed by atoms with E-state index in [1.165, 1.54) is 0 Å². The van der Waals surface area contributed by atoms with Gasteiger partial charge in [-0.3, -0.25) is 4.79 Å². The second kappa shape index (κ2) is 6.67. The monoisotopic (exact) mass is 219 g/mol. The molecule has 3 heteroatoms. The normalized spacial score (nSPS) is 9.56. The lowest BCUT2D eigenvalue weighted by atomic mass is 10.2. The summed E-state index contributed by atoms with van der Waals surface area (Å²) < 4.78 is 5.04. The predicted molar refractivity (Wildman–Crippen MR) is 65.9 cm³/mol. The molecule has 0 saturated heterocycles. The van der Waals surface area contributed by atoms with Crippen molar-refractivity contribution in [1.82, 2.24) is 0 Å². The molecule has 0 unspecified atom stereocenters. The first-order valence-corrected chi connectivity index (χ1v) is 5.27. The summed E-state index contributed by atoms with van der Waals surface area (Å²) in [5.41, 5.74) is 0.924. The van der Waals surface area contributed by atoms with Crippen molar-refractivity contribution < 1.29 is 9.53 Å². The molecule has 0 aliphatic heterocycles. The number of Topliss-reactive ketones (excluding diaryl/α,β-unsaturated/α-hetero) is 1. The fraction of sp³-hybridized carbons (Fsp3) is 0.308. The van der Waals surface area contributed by atoms with E-state index in [9.17, 15) is 4.79 Å². The number of carbonyl (C=O) groups excluding carboxylic acids is 1. The second-order valence-electron chi connectivity index (χ2n) is 3.45. The number of ketones is 1. The molecule has 16 heavy (non-hydrogen) atoms. The maximum absolute atomic E-state index is 11.4. The van der Waals surface area contributed by atoms with E-state index in [4.69, 9.17) is 4.74 Å². The summed E-state index contributed by atoms with van der Waals surface area (Å²) in [6.45, 7) is 3.94. The first-order valence-electron chi connectivity index (χ1n) is 5.27. The van der Waals surface area contributed by atoms with E-state index in [1.807, 2.05) is 24.3 Å². The molecule has 0 spiro atoms. The van der Waals surface area contributed by atoms with Crippen LogP contribution in [-0.2, 0) is 4.79 Å². The molecular formula is C13H17NO2. The third kappa shape index (κ3) is 4.17. The third-order valence-electron chi connectivity index (χ3n) is 2.21. The van der Waals surface area contributed by atoms with Crippen LogP contribution >= 0.6 is 0 Å². The van der Waals surface area contributed by atoms with Crippen LogP contribution in [0.25, 0.3) is 0 Å². The van der Waals surface area contributed by atoms with Crippen molar-refractivity contribution in [2.75, 3.05) is 19.0 Å². The van der Waals surface area contributed by atoms with Crippen LogP contribution in [-0.4, -0.2) is 19.4 Å². The number of benzene rings is 1. The number of allylic oxidation sites excluding steroid dienone is 1. The van der Waals surface area contributed by atoms with E-state index in [-0.39, 0.29) is 5.78 Å². The number of ether oxygens (including phenoxy) is 1. The largest absolute Gasteiger partial charge is 0.497 e. The van der Waals surface area contributed by atoms with Gasteiger partial charge in [-0.2, -0.15) is 0 Å². The summed E-state index contributed by atoms with van der Waals surface area (Å²) in [4.78, 5) is 11.4. The molecule has 0 atom stereocenters. The molecule has 0 aromatic heterocycles. The summed E-state index contributed by atoms with van der Waals surface area (Å²) in [5.74, 6) is 0.999. The highest BCUT2D eigenvalue weighted by molar-refractivity contribution is 5.82. The molecular weight excluding hydrogens is 202 g/mol. The first kappa shape index (κ1) is 12.3. The average Bonchev–Trinajstić information content (AvgIpc) is 2.34. The topological polar surface area (TPSA) is 38.3 Å². The van der Waals surface area contributed by atoms with Crippen molar-refractivity contribution in [1.29, 1.82) is 0 Å². The lowest BCUT2D eigenvalue weighted by molar-refractivity contribution is -0.117. The number of carbonyl (C=O) groups is 1. The van der Waals surface area contributed by atoms with Crippen molar-refractivity contribution in [3.63, 3.8) is 0 Å². The molecule has 1 aromatic carbocycles. The minimum atomic E-state index is 0.190. The zero-order valence-electron chi connectivity index (χ0n) is 9.53.